The van der Waals surface area contributed by atoms with Gasteiger partial charge in [0.05, 0.1) is 5.75 Å². The van der Waals surface area contributed by atoms with Crippen LogP contribution in [-0.4, -0.2) is 32.4 Å². The van der Waals surface area contributed by atoms with Gasteiger partial charge in [0.15, 0.2) is 16.4 Å². The molecule has 0 aromatic heterocycles. The zero-order valence-electron chi connectivity index (χ0n) is 11.1. The van der Waals surface area contributed by atoms with Gasteiger partial charge in [-0.3, -0.25) is 4.79 Å². The van der Waals surface area contributed by atoms with E-state index in [2.05, 4.69) is 4.74 Å². The Morgan fingerprint density at radius 2 is 1.81 bits per heavy atom. The minimum atomic E-state index is -4.45. The predicted octanol–water partition coefficient (Wildman–Crippen LogP) is 1.42. The monoisotopic (exact) mass is 325 g/mol. The Kier molecular flexibility index (Phi) is 5.21. The highest BCUT2D eigenvalue weighted by molar-refractivity contribution is 7.92. The fourth-order valence-corrected chi connectivity index (χ4v) is 2.64. The first kappa shape index (κ1) is 17.3. The minimum Gasteiger partial charge on any atom is -0.484 e. The molecule has 118 valence electrons. The van der Waals surface area contributed by atoms with Crippen molar-refractivity contribution in [2.45, 2.75) is 24.1 Å². The maximum Gasteiger partial charge on any atom is 0.422 e. The molecule has 9 heteroatoms. The summed E-state index contributed by atoms with van der Waals surface area (Å²) in [7, 11) is -3.76. The van der Waals surface area contributed by atoms with Gasteiger partial charge in [0, 0.05) is 0 Å². The Balaban J connectivity index is 2.73. The van der Waals surface area contributed by atoms with Crippen LogP contribution in [0, 0.1) is 0 Å². The van der Waals surface area contributed by atoms with Crippen molar-refractivity contribution >= 4 is 15.7 Å². The smallest absolute Gasteiger partial charge is 0.422 e. The fourth-order valence-electron chi connectivity index (χ4n) is 1.38. The van der Waals surface area contributed by atoms with E-state index in [-0.39, 0.29) is 5.75 Å². The topological polar surface area (TPSA) is 86.5 Å². The number of sulfone groups is 1. The molecule has 2 N–H and O–H groups in total. The van der Waals surface area contributed by atoms with Crippen LogP contribution >= 0.6 is 0 Å². The summed E-state index contributed by atoms with van der Waals surface area (Å²) in [5, 5.41) is -1.33. The van der Waals surface area contributed by atoms with Crippen molar-refractivity contribution < 1.29 is 31.1 Å². The van der Waals surface area contributed by atoms with Crippen molar-refractivity contribution in [2.75, 3.05) is 6.61 Å². The summed E-state index contributed by atoms with van der Waals surface area (Å²) < 4.78 is 64.0. The van der Waals surface area contributed by atoms with Crippen LogP contribution in [-0.2, 0) is 20.4 Å². The molecule has 0 aliphatic carbocycles. The summed E-state index contributed by atoms with van der Waals surface area (Å²) in [6.07, 6.45) is -4.45. The van der Waals surface area contributed by atoms with E-state index in [0.717, 1.165) is 0 Å². The first-order valence-electron chi connectivity index (χ1n) is 5.80. The number of nitrogens with two attached hydrogens (primary N) is 1. The zero-order chi connectivity index (χ0) is 16.3. The molecular weight excluding hydrogens is 311 g/mol. The van der Waals surface area contributed by atoms with Crippen LogP contribution in [0.3, 0.4) is 0 Å². The summed E-state index contributed by atoms with van der Waals surface area (Å²) in [6.45, 7) is -0.248. The maximum absolute atomic E-state index is 12.0. The van der Waals surface area contributed by atoms with Crippen molar-refractivity contribution in [3.63, 3.8) is 0 Å². The van der Waals surface area contributed by atoms with Crippen LogP contribution < -0.4 is 10.5 Å². The number of hydrogen-bond acceptors (Lipinski definition) is 4. The summed E-state index contributed by atoms with van der Waals surface area (Å²) in [5.41, 5.74) is 5.26. The second-order valence-corrected chi connectivity index (χ2v) is 6.72. The maximum atomic E-state index is 12.0. The quantitative estimate of drug-likeness (QED) is 0.857. The molecule has 1 atom stereocenters. The molecule has 0 saturated carbocycles. The van der Waals surface area contributed by atoms with Gasteiger partial charge >= 0.3 is 6.18 Å². The number of benzene rings is 1. The van der Waals surface area contributed by atoms with Crippen molar-refractivity contribution in [1.82, 2.24) is 0 Å². The predicted molar refractivity (Wildman–Crippen MR) is 69.3 cm³/mol. The summed E-state index contributed by atoms with van der Waals surface area (Å²) >= 11 is 0. The molecule has 0 bridgehead atoms. The van der Waals surface area contributed by atoms with Crippen LogP contribution in [0.5, 0.6) is 5.75 Å². The highest BCUT2D eigenvalue weighted by Gasteiger charge is 2.28. The van der Waals surface area contributed by atoms with Crippen LogP contribution in [0.4, 0.5) is 13.2 Å². The van der Waals surface area contributed by atoms with Gasteiger partial charge in [-0.15, -0.1) is 0 Å². The SMILES string of the molecule is CC(C(N)=O)S(=O)(=O)Cc1ccc(OCC(F)(F)F)cc1. The molecule has 1 aromatic rings. The standard InChI is InChI=1S/C12H14F3NO4S/c1-8(11(16)17)21(18,19)6-9-2-4-10(5-3-9)20-7-12(13,14)15/h2-5,8H,6-7H2,1H3,(H2,16,17). The molecule has 0 heterocycles. The molecule has 0 radical (unpaired) electrons. The van der Waals surface area contributed by atoms with Crippen LogP contribution in [0.15, 0.2) is 24.3 Å². The van der Waals surface area contributed by atoms with Crippen molar-refractivity contribution in [2.24, 2.45) is 5.73 Å². The van der Waals surface area contributed by atoms with Gasteiger partial charge in [-0.05, 0) is 24.6 Å². The molecule has 1 unspecified atom stereocenters. The Morgan fingerprint density at radius 3 is 2.24 bits per heavy atom. The number of ether oxygens (including phenoxy) is 1. The second-order valence-electron chi connectivity index (χ2n) is 4.40. The number of alkyl halides is 3. The van der Waals surface area contributed by atoms with Gasteiger partial charge in [-0.25, -0.2) is 8.42 Å². The fraction of sp³-hybridized carbons (Fsp3) is 0.417. The largest absolute Gasteiger partial charge is 0.484 e. The molecule has 0 spiro atoms. The van der Waals surface area contributed by atoms with E-state index in [1.165, 1.54) is 31.2 Å². The summed E-state index contributed by atoms with van der Waals surface area (Å²) in [5.74, 6) is -1.42. The molecule has 0 aliphatic heterocycles. The number of carbonyl (C=O) groups excluding carboxylic acids is 1. The van der Waals surface area contributed by atoms with Crippen LogP contribution in [0.2, 0.25) is 0 Å². The first-order valence-corrected chi connectivity index (χ1v) is 7.52. The Morgan fingerprint density at radius 1 is 1.29 bits per heavy atom. The summed E-state index contributed by atoms with van der Waals surface area (Å²) in [6, 6.07) is 5.09. The number of amides is 1. The van der Waals surface area contributed by atoms with Crippen LogP contribution in [0.25, 0.3) is 0 Å². The van der Waals surface area contributed by atoms with Crippen molar-refractivity contribution in [1.29, 1.82) is 0 Å². The lowest BCUT2D eigenvalue weighted by Crippen LogP contribution is -2.33. The third-order valence-corrected chi connectivity index (χ3v) is 4.68. The van der Waals surface area contributed by atoms with E-state index in [1.54, 1.807) is 0 Å². The molecule has 0 aliphatic rings. The number of rotatable bonds is 6. The van der Waals surface area contributed by atoms with Crippen LogP contribution in [0.1, 0.15) is 12.5 Å². The van der Waals surface area contributed by atoms with E-state index in [9.17, 15) is 26.4 Å². The third kappa shape index (κ3) is 5.62. The van der Waals surface area contributed by atoms with E-state index >= 15 is 0 Å². The minimum absolute atomic E-state index is 0.0311. The Hall–Kier alpha value is -1.77. The van der Waals surface area contributed by atoms with Gasteiger partial charge in [0.25, 0.3) is 0 Å². The first-order chi connectivity index (χ1) is 9.51. The van der Waals surface area contributed by atoms with Gasteiger partial charge in [-0.1, -0.05) is 12.1 Å². The van der Waals surface area contributed by atoms with E-state index in [1.807, 2.05) is 0 Å². The van der Waals surface area contributed by atoms with Crippen molar-refractivity contribution in [3.8, 4) is 5.75 Å². The van der Waals surface area contributed by atoms with Crippen molar-refractivity contribution in [3.05, 3.63) is 29.8 Å². The number of halogens is 3. The molecule has 1 aromatic carbocycles. The number of primary amides is 1. The molecule has 5 nitrogen and oxygen atoms in total. The van der Waals surface area contributed by atoms with E-state index < -0.39 is 39.5 Å². The normalized spacial score (nSPS) is 13.7. The average Bonchev–Trinajstić information content (AvgIpc) is 2.35. The number of hydrogen-bond donors (Lipinski definition) is 1. The lowest BCUT2D eigenvalue weighted by Gasteiger charge is -2.11. The molecular formula is C12H14F3NO4S. The van der Waals surface area contributed by atoms with Gasteiger partial charge < -0.3 is 10.5 Å². The molecule has 0 fully saturated rings. The second kappa shape index (κ2) is 6.33. The van der Waals surface area contributed by atoms with Gasteiger partial charge in [-0.2, -0.15) is 13.2 Å². The third-order valence-electron chi connectivity index (χ3n) is 2.63. The lowest BCUT2D eigenvalue weighted by molar-refractivity contribution is -0.153. The number of carbonyl (C=O) groups is 1. The van der Waals surface area contributed by atoms with E-state index in [0.29, 0.717) is 5.56 Å². The van der Waals surface area contributed by atoms with Gasteiger partial charge in [0.2, 0.25) is 5.91 Å². The summed E-state index contributed by atoms with van der Waals surface area (Å²) in [4.78, 5) is 10.9. The molecule has 0 saturated heterocycles. The zero-order valence-corrected chi connectivity index (χ0v) is 11.9. The van der Waals surface area contributed by atoms with Gasteiger partial charge in [0.1, 0.15) is 11.0 Å². The average molecular weight is 325 g/mol. The highest BCUT2D eigenvalue weighted by Crippen LogP contribution is 2.20. The Labute approximate surface area is 119 Å². The van der Waals surface area contributed by atoms with E-state index in [4.69, 9.17) is 5.73 Å². The highest BCUT2D eigenvalue weighted by atomic mass is 32.2. The molecule has 21 heavy (non-hydrogen) atoms. The molecule has 1 amide bonds. The Bertz CT molecular complexity index is 596. The lowest BCUT2D eigenvalue weighted by atomic mass is 10.2. The molecule has 1 rings (SSSR count).